The van der Waals surface area contributed by atoms with Crippen LogP contribution in [-0.4, -0.2) is 46.8 Å². The topological polar surface area (TPSA) is 103 Å². The summed E-state index contributed by atoms with van der Waals surface area (Å²) in [4.78, 5) is 20.1. The molecule has 0 saturated carbocycles. The van der Waals surface area contributed by atoms with E-state index in [2.05, 4.69) is 44.4 Å². The quantitative estimate of drug-likeness (QED) is 0.725. The van der Waals surface area contributed by atoms with Crippen LogP contribution < -0.4 is 5.32 Å². The van der Waals surface area contributed by atoms with Crippen LogP contribution in [0, 0.1) is 0 Å². The number of carbonyl (C=O) groups is 1. The molecule has 0 radical (unpaired) electrons. The molecule has 3 heterocycles. The Hall–Kier alpha value is -2.84. The normalized spacial score (nSPS) is 11.2. The molecule has 0 atom stereocenters. The highest BCUT2D eigenvalue weighted by Gasteiger charge is 2.13. The smallest absolute Gasteiger partial charge is 0.291 e. The molecule has 9 heteroatoms. The van der Waals surface area contributed by atoms with Crippen LogP contribution in [0.15, 0.2) is 24.8 Å². The van der Waals surface area contributed by atoms with E-state index in [1.165, 1.54) is 4.52 Å². The molecule has 0 fully saturated rings. The lowest BCUT2D eigenvalue weighted by Crippen LogP contribution is -2.27. The molecule has 0 unspecified atom stereocenters. The summed E-state index contributed by atoms with van der Waals surface area (Å²) < 4.78 is 3.43. The average molecular weight is 300 g/mol. The van der Waals surface area contributed by atoms with Gasteiger partial charge in [-0.2, -0.15) is 4.98 Å². The molecule has 3 aromatic heterocycles. The number of hydrogen-bond acceptors (Lipinski definition) is 6. The lowest BCUT2D eigenvalue weighted by molar-refractivity contribution is 0.0943. The van der Waals surface area contributed by atoms with Crippen LogP contribution >= 0.6 is 0 Å². The Morgan fingerprint density at radius 2 is 2.27 bits per heavy atom. The van der Waals surface area contributed by atoms with E-state index in [9.17, 15) is 4.79 Å². The van der Waals surface area contributed by atoms with Gasteiger partial charge in [-0.25, -0.2) is 9.50 Å². The van der Waals surface area contributed by atoms with Crippen molar-refractivity contribution >= 4 is 11.7 Å². The van der Waals surface area contributed by atoms with Crippen LogP contribution in [0.25, 0.3) is 5.78 Å². The zero-order valence-electron chi connectivity index (χ0n) is 12.3. The van der Waals surface area contributed by atoms with Crippen LogP contribution in [0.2, 0.25) is 0 Å². The molecule has 3 aromatic rings. The zero-order chi connectivity index (χ0) is 15.5. The number of rotatable bonds is 5. The minimum atomic E-state index is -0.332. The largest absolute Gasteiger partial charge is 0.349 e. The second-order valence-electron chi connectivity index (χ2n) is 5.05. The van der Waals surface area contributed by atoms with E-state index in [4.69, 9.17) is 0 Å². The van der Waals surface area contributed by atoms with Crippen molar-refractivity contribution in [2.45, 2.75) is 26.3 Å². The second kappa shape index (κ2) is 5.88. The summed E-state index contributed by atoms with van der Waals surface area (Å²) in [5.74, 6) is 0.997. The van der Waals surface area contributed by atoms with Gasteiger partial charge in [-0.05, 0) is 19.9 Å². The molecule has 3 rings (SSSR count). The molecule has 1 amide bonds. The molecule has 22 heavy (non-hydrogen) atoms. The third-order valence-electron chi connectivity index (χ3n) is 3.16. The molecule has 114 valence electrons. The van der Waals surface area contributed by atoms with E-state index in [-0.39, 0.29) is 17.8 Å². The molecule has 9 nitrogen and oxygen atoms in total. The van der Waals surface area contributed by atoms with Gasteiger partial charge in [0.2, 0.25) is 5.82 Å². The Labute approximate surface area is 126 Å². The number of hydrogen-bond donors (Lipinski definition) is 1. The van der Waals surface area contributed by atoms with Crippen LogP contribution in [0.4, 0.5) is 0 Å². The first-order valence-corrected chi connectivity index (χ1v) is 6.99. The first kappa shape index (κ1) is 14.1. The van der Waals surface area contributed by atoms with Gasteiger partial charge in [0.15, 0.2) is 0 Å². The van der Waals surface area contributed by atoms with Gasteiger partial charge in [0, 0.05) is 31.4 Å². The van der Waals surface area contributed by atoms with Gasteiger partial charge in [0.05, 0.1) is 0 Å². The van der Waals surface area contributed by atoms with Crippen molar-refractivity contribution in [3.63, 3.8) is 0 Å². The molecule has 0 bridgehead atoms. The molecular weight excluding hydrogens is 284 g/mol. The Balaban J connectivity index is 1.61. The predicted molar refractivity (Wildman–Crippen MR) is 77.2 cm³/mol. The molecule has 1 N–H and O–H groups in total. The number of fused-ring (bicyclic) bond motifs is 1. The maximum absolute atomic E-state index is 12.0. The van der Waals surface area contributed by atoms with Crippen LogP contribution in [-0.2, 0) is 6.42 Å². The van der Waals surface area contributed by atoms with Crippen molar-refractivity contribution in [2.24, 2.45) is 0 Å². The van der Waals surface area contributed by atoms with E-state index in [0.717, 1.165) is 5.82 Å². The monoisotopic (exact) mass is 300 g/mol. The predicted octanol–water partition coefficient (Wildman–Crippen LogP) is 0.269. The highest BCUT2D eigenvalue weighted by molar-refractivity contribution is 5.90. The Morgan fingerprint density at radius 1 is 1.41 bits per heavy atom. The van der Waals surface area contributed by atoms with Crippen molar-refractivity contribution in [3.8, 4) is 0 Å². The number of nitrogens with one attached hydrogen (secondary N) is 1. The first-order chi connectivity index (χ1) is 10.6. The van der Waals surface area contributed by atoms with Crippen molar-refractivity contribution in [3.05, 3.63) is 36.4 Å². The minimum Gasteiger partial charge on any atom is -0.349 e. The van der Waals surface area contributed by atoms with Gasteiger partial charge >= 0.3 is 0 Å². The molecule has 0 aliphatic heterocycles. The van der Waals surface area contributed by atoms with Crippen molar-refractivity contribution < 1.29 is 4.79 Å². The van der Waals surface area contributed by atoms with Crippen molar-refractivity contribution in [2.75, 3.05) is 6.54 Å². The number of amides is 1. The number of aromatic nitrogens is 7. The average Bonchev–Trinajstić information content (AvgIpc) is 3.13. The van der Waals surface area contributed by atoms with E-state index in [1.807, 2.05) is 4.57 Å². The Morgan fingerprint density at radius 3 is 3.05 bits per heavy atom. The minimum absolute atomic E-state index is 0.101. The van der Waals surface area contributed by atoms with Crippen LogP contribution in [0.3, 0.4) is 0 Å². The summed E-state index contributed by atoms with van der Waals surface area (Å²) in [5.41, 5.74) is 0. The molecule has 0 aliphatic rings. The maximum atomic E-state index is 12.0. The van der Waals surface area contributed by atoms with Gasteiger partial charge in [-0.1, -0.05) is 0 Å². The Bertz CT molecular complexity index is 757. The summed E-state index contributed by atoms with van der Waals surface area (Å²) in [6.45, 7) is 4.55. The lowest BCUT2D eigenvalue weighted by atomic mass is 10.3. The van der Waals surface area contributed by atoms with E-state index in [0.29, 0.717) is 18.7 Å². The highest BCUT2D eigenvalue weighted by atomic mass is 16.2. The molecular formula is C13H16N8O. The summed E-state index contributed by atoms with van der Waals surface area (Å²) in [6.07, 6.45) is 5.58. The third kappa shape index (κ3) is 2.78. The third-order valence-corrected chi connectivity index (χ3v) is 3.16. The standard InChI is InChI=1S/C13H16N8O/c1-9(2)20-8-16-18-10(20)4-6-14-12(22)11-17-13-15-5-3-7-21(13)19-11/h3,5,7-9H,4,6H2,1-2H3,(H,14,22). The van der Waals surface area contributed by atoms with Gasteiger partial charge < -0.3 is 9.88 Å². The Kier molecular flexibility index (Phi) is 3.77. The van der Waals surface area contributed by atoms with Gasteiger partial charge in [0.1, 0.15) is 12.2 Å². The molecule has 0 aromatic carbocycles. The fourth-order valence-corrected chi connectivity index (χ4v) is 2.07. The summed E-state index contributed by atoms with van der Waals surface area (Å²) in [7, 11) is 0. The van der Waals surface area contributed by atoms with Crippen molar-refractivity contribution in [1.82, 2.24) is 39.7 Å². The van der Waals surface area contributed by atoms with Crippen molar-refractivity contribution in [1.29, 1.82) is 0 Å². The fourth-order valence-electron chi connectivity index (χ4n) is 2.07. The van der Waals surface area contributed by atoms with E-state index in [1.54, 1.807) is 24.8 Å². The van der Waals surface area contributed by atoms with Crippen LogP contribution in [0.1, 0.15) is 36.3 Å². The summed E-state index contributed by atoms with van der Waals surface area (Å²) >= 11 is 0. The van der Waals surface area contributed by atoms with Gasteiger partial charge in [0.25, 0.3) is 11.7 Å². The molecule has 0 spiro atoms. The number of nitrogens with zero attached hydrogens (tertiary/aromatic N) is 7. The van der Waals surface area contributed by atoms with Gasteiger partial charge in [-0.15, -0.1) is 15.3 Å². The fraction of sp³-hybridized carbons (Fsp3) is 0.385. The molecule has 0 aliphatic carbocycles. The molecule has 0 saturated heterocycles. The maximum Gasteiger partial charge on any atom is 0.291 e. The highest BCUT2D eigenvalue weighted by Crippen LogP contribution is 2.06. The zero-order valence-corrected chi connectivity index (χ0v) is 12.3. The van der Waals surface area contributed by atoms with E-state index < -0.39 is 0 Å². The SMILES string of the molecule is CC(C)n1cnnc1CCNC(=O)c1nc2ncccn2n1. The lowest BCUT2D eigenvalue weighted by Gasteiger charge is -2.09. The van der Waals surface area contributed by atoms with Gasteiger partial charge in [-0.3, -0.25) is 4.79 Å². The van der Waals surface area contributed by atoms with E-state index >= 15 is 0 Å². The number of carbonyl (C=O) groups excluding carboxylic acids is 1. The summed E-state index contributed by atoms with van der Waals surface area (Å²) in [5, 5.41) is 14.8. The first-order valence-electron chi connectivity index (χ1n) is 6.99. The second-order valence-corrected chi connectivity index (χ2v) is 5.05. The summed E-state index contributed by atoms with van der Waals surface area (Å²) in [6, 6.07) is 2.01. The van der Waals surface area contributed by atoms with Crippen LogP contribution in [0.5, 0.6) is 0 Å².